The van der Waals surface area contributed by atoms with Gasteiger partial charge in [-0.15, -0.1) is 5.10 Å². The van der Waals surface area contributed by atoms with Crippen molar-refractivity contribution in [1.29, 1.82) is 0 Å². The SMILES string of the molecule is COc1cccc(Cn2nnc3c(=O)n(CC(=O)Nc4ccccc4OC)cnc32)c1. The highest BCUT2D eigenvalue weighted by molar-refractivity contribution is 5.92. The molecule has 0 fully saturated rings. The zero-order valence-corrected chi connectivity index (χ0v) is 17.0. The molecule has 4 aromatic rings. The van der Waals surface area contributed by atoms with Crippen LogP contribution in [0.3, 0.4) is 0 Å². The van der Waals surface area contributed by atoms with E-state index in [0.29, 0.717) is 23.6 Å². The Morgan fingerprint density at radius 1 is 1.10 bits per heavy atom. The lowest BCUT2D eigenvalue weighted by Crippen LogP contribution is -2.28. The predicted octanol–water partition coefficient (Wildman–Crippen LogP) is 1.69. The van der Waals surface area contributed by atoms with Gasteiger partial charge in [0.05, 0.1) is 26.5 Å². The molecular formula is C21H20N6O4. The van der Waals surface area contributed by atoms with E-state index in [0.717, 1.165) is 11.3 Å². The highest BCUT2D eigenvalue weighted by Gasteiger charge is 2.15. The van der Waals surface area contributed by atoms with Crippen LogP contribution in [-0.2, 0) is 17.9 Å². The largest absolute Gasteiger partial charge is 0.497 e. The number of methoxy groups -OCH3 is 2. The van der Waals surface area contributed by atoms with Gasteiger partial charge >= 0.3 is 0 Å². The van der Waals surface area contributed by atoms with Gasteiger partial charge in [-0.3, -0.25) is 14.2 Å². The number of nitrogens with one attached hydrogen (secondary N) is 1. The summed E-state index contributed by atoms with van der Waals surface area (Å²) in [6, 6.07) is 14.5. The zero-order valence-electron chi connectivity index (χ0n) is 17.0. The van der Waals surface area contributed by atoms with Gasteiger partial charge < -0.3 is 14.8 Å². The molecule has 0 aliphatic rings. The van der Waals surface area contributed by atoms with Crippen molar-refractivity contribution < 1.29 is 14.3 Å². The molecule has 0 aliphatic carbocycles. The molecule has 4 rings (SSSR count). The first kappa shape index (κ1) is 20.1. The van der Waals surface area contributed by atoms with Gasteiger partial charge in [-0.25, -0.2) is 9.67 Å². The standard InChI is InChI=1S/C21H20N6O4/c1-30-15-7-5-6-14(10-15)11-27-20-19(24-25-27)21(29)26(13-22-20)12-18(28)23-16-8-3-4-9-17(16)31-2/h3-10,13H,11-12H2,1-2H3,(H,23,28). The van der Waals surface area contributed by atoms with Crippen molar-refractivity contribution in [3.8, 4) is 11.5 Å². The number of anilines is 1. The summed E-state index contributed by atoms with van der Waals surface area (Å²) in [4.78, 5) is 29.5. The Bertz CT molecular complexity index is 1300. The number of rotatable bonds is 7. The highest BCUT2D eigenvalue weighted by Crippen LogP contribution is 2.22. The Labute approximate surface area is 177 Å². The summed E-state index contributed by atoms with van der Waals surface area (Å²) in [5.41, 5.74) is 1.43. The summed E-state index contributed by atoms with van der Waals surface area (Å²) in [5, 5.41) is 10.8. The average molecular weight is 420 g/mol. The quantitative estimate of drug-likeness (QED) is 0.484. The molecule has 0 radical (unpaired) electrons. The summed E-state index contributed by atoms with van der Waals surface area (Å²) in [5.74, 6) is 0.854. The van der Waals surface area contributed by atoms with Crippen LogP contribution < -0.4 is 20.3 Å². The molecule has 31 heavy (non-hydrogen) atoms. The van der Waals surface area contributed by atoms with Crippen molar-refractivity contribution in [3.63, 3.8) is 0 Å². The van der Waals surface area contributed by atoms with Crippen LogP contribution in [0.25, 0.3) is 11.2 Å². The van der Waals surface area contributed by atoms with E-state index in [1.54, 1.807) is 31.4 Å². The smallest absolute Gasteiger partial charge is 0.283 e. The lowest BCUT2D eigenvalue weighted by Gasteiger charge is -2.10. The third-order valence-electron chi connectivity index (χ3n) is 4.65. The molecule has 0 saturated heterocycles. The second-order valence-electron chi connectivity index (χ2n) is 6.70. The molecule has 10 heteroatoms. The van der Waals surface area contributed by atoms with Crippen LogP contribution >= 0.6 is 0 Å². The first-order chi connectivity index (χ1) is 15.1. The Kier molecular flexibility index (Phi) is 5.61. The van der Waals surface area contributed by atoms with E-state index in [2.05, 4.69) is 20.6 Å². The van der Waals surface area contributed by atoms with E-state index in [1.807, 2.05) is 24.3 Å². The van der Waals surface area contributed by atoms with E-state index in [-0.39, 0.29) is 12.1 Å². The number of carbonyl (C=O) groups excluding carboxylic acids is 1. The number of hydrogen-bond donors (Lipinski definition) is 1. The second-order valence-corrected chi connectivity index (χ2v) is 6.70. The normalized spacial score (nSPS) is 10.8. The third-order valence-corrected chi connectivity index (χ3v) is 4.65. The van der Waals surface area contributed by atoms with E-state index in [1.165, 1.54) is 22.7 Å². The maximum atomic E-state index is 12.8. The molecule has 2 heterocycles. The molecule has 0 saturated carbocycles. The fourth-order valence-electron chi connectivity index (χ4n) is 3.14. The van der Waals surface area contributed by atoms with E-state index in [4.69, 9.17) is 9.47 Å². The minimum absolute atomic E-state index is 0.0930. The average Bonchev–Trinajstić information content (AvgIpc) is 3.19. The van der Waals surface area contributed by atoms with Crippen molar-refractivity contribution >= 4 is 22.8 Å². The van der Waals surface area contributed by atoms with Crippen molar-refractivity contribution in [2.75, 3.05) is 19.5 Å². The van der Waals surface area contributed by atoms with Crippen LogP contribution in [0, 0.1) is 0 Å². The third kappa shape index (κ3) is 4.22. The number of nitrogens with zero attached hydrogens (tertiary/aromatic N) is 5. The van der Waals surface area contributed by atoms with Crippen molar-refractivity contribution in [2.45, 2.75) is 13.1 Å². The van der Waals surface area contributed by atoms with Crippen LogP contribution in [0.1, 0.15) is 5.56 Å². The lowest BCUT2D eigenvalue weighted by atomic mass is 10.2. The second kappa shape index (κ2) is 8.66. The molecule has 0 unspecified atom stereocenters. The highest BCUT2D eigenvalue weighted by atomic mass is 16.5. The van der Waals surface area contributed by atoms with Crippen molar-refractivity contribution in [1.82, 2.24) is 24.5 Å². The monoisotopic (exact) mass is 420 g/mol. The molecule has 10 nitrogen and oxygen atoms in total. The Morgan fingerprint density at radius 3 is 2.74 bits per heavy atom. The van der Waals surface area contributed by atoms with Crippen LogP contribution in [0.15, 0.2) is 59.7 Å². The van der Waals surface area contributed by atoms with Crippen LogP contribution in [-0.4, -0.2) is 44.7 Å². The molecule has 0 spiro atoms. The summed E-state index contributed by atoms with van der Waals surface area (Å²) in [6.07, 6.45) is 1.32. The molecule has 2 aromatic heterocycles. The Morgan fingerprint density at radius 2 is 1.94 bits per heavy atom. The first-order valence-electron chi connectivity index (χ1n) is 9.43. The number of amides is 1. The lowest BCUT2D eigenvalue weighted by molar-refractivity contribution is -0.116. The molecule has 1 amide bonds. The fraction of sp³-hybridized carbons (Fsp3) is 0.190. The predicted molar refractivity (Wildman–Crippen MR) is 113 cm³/mol. The van der Waals surface area contributed by atoms with Crippen molar-refractivity contribution in [3.05, 3.63) is 70.8 Å². The Balaban J connectivity index is 1.54. The molecular weight excluding hydrogens is 400 g/mol. The molecule has 1 N–H and O–H groups in total. The van der Waals surface area contributed by atoms with E-state index < -0.39 is 11.5 Å². The van der Waals surface area contributed by atoms with Gasteiger partial charge in [0.2, 0.25) is 5.91 Å². The van der Waals surface area contributed by atoms with Gasteiger partial charge in [0.25, 0.3) is 5.56 Å². The summed E-state index contributed by atoms with van der Waals surface area (Å²) in [6.45, 7) is 0.154. The number of benzene rings is 2. The number of carbonyl (C=O) groups is 1. The van der Waals surface area contributed by atoms with Crippen LogP contribution in [0.4, 0.5) is 5.69 Å². The molecule has 0 bridgehead atoms. The van der Waals surface area contributed by atoms with Gasteiger partial charge in [0.15, 0.2) is 11.2 Å². The molecule has 2 aromatic carbocycles. The zero-order chi connectivity index (χ0) is 21.8. The van der Waals surface area contributed by atoms with Gasteiger partial charge in [-0.1, -0.05) is 29.5 Å². The van der Waals surface area contributed by atoms with E-state index in [9.17, 15) is 9.59 Å². The summed E-state index contributed by atoms with van der Waals surface area (Å²) in [7, 11) is 3.11. The number of hydrogen-bond acceptors (Lipinski definition) is 7. The van der Waals surface area contributed by atoms with Gasteiger partial charge in [-0.05, 0) is 29.8 Å². The van der Waals surface area contributed by atoms with Crippen LogP contribution in [0.5, 0.6) is 11.5 Å². The molecule has 0 atom stereocenters. The number of para-hydroxylation sites is 2. The number of aromatic nitrogens is 5. The summed E-state index contributed by atoms with van der Waals surface area (Å²) < 4.78 is 13.2. The van der Waals surface area contributed by atoms with Crippen molar-refractivity contribution in [2.24, 2.45) is 0 Å². The molecule has 0 aliphatic heterocycles. The maximum absolute atomic E-state index is 12.8. The minimum Gasteiger partial charge on any atom is -0.497 e. The maximum Gasteiger partial charge on any atom is 0.283 e. The Hall–Kier alpha value is -4.21. The number of ether oxygens (including phenoxy) is 2. The summed E-state index contributed by atoms with van der Waals surface area (Å²) >= 11 is 0. The van der Waals surface area contributed by atoms with Gasteiger partial charge in [-0.2, -0.15) is 0 Å². The minimum atomic E-state index is -0.447. The van der Waals surface area contributed by atoms with Gasteiger partial charge in [0.1, 0.15) is 24.4 Å². The number of fused-ring (bicyclic) bond motifs is 1. The van der Waals surface area contributed by atoms with Crippen LogP contribution in [0.2, 0.25) is 0 Å². The van der Waals surface area contributed by atoms with Gasteiger partial charge in [0, 0.05) is 0 Å². The fourth-order valence-corrected chi connectivity index (χ4v) is 3.14. The topological polar surface area (TPSA) is 113 Å². The first-order valence-corrected chi connectivity index (χ1v) is 9.43. The van der Waals surface area contributed by atoms with E-state index >= 15 is 0 Å². The molecule has 158 valence electrons.